The van der Waals surface area contributed by atoms with E-state index in [2.05, 4.69) is 46.3 Å². The van der Waals surface area contributed by atoms with Crippen molar-refractivity contribution in [3.63, 3.8) is 0 Å². The maximum Gasteiger partial charge on any atom is 0.278 e. The molecule has 0 unspecified atom stereocenters. The summed E-state index contributed by atoms with van der Waals surface area (Å²) in [7, 11) is 0. The molecule has 6 nitrogen and oxygen atoms in total. The lowest BCUT2D eigenvalue weighted by atomic mass is 9.92. The quantitative estimate of drug-likeness (QED) is 0.676. The zero-order valence-corrected chi connectivity index (χ0v) is 12.2. The number of anilines is 1. The van der Waals surface area contributed by atoms with Gasteiger partial charge in [-0.2, -0.15) is 5.10 Å². The minimum atomic E-state index is -0.291. The molecule has 0 spiro atoms. The molecular weight excluding hydrogens is 266 g/mol. The SMILES string of the molecule is CC(C)(C)c1cc(C(=O)Nc2nc3ccccc3[nH]2)n[nH]1. The van der Waals surface area contributed by atoms with E-state index in [0.717, 1.165) is 16.7 Å². The predicted molar refractivity (Wildman–Crippen MR) is 81.3 cm³/mol. The third-order valence-corrected chi connectivity index (χ3v) is 3.24. The van der Waals surface area contributed by atoms with Crippen LogP contribution in [0.2, 0.25) is 0 Å². The molecule has 0 atom stereocenters. The molecular formula is C15H17N5O. The molecule has 0 fully saturated rings. The van der Waals surface area contributed by atoms with Crippen LogP contribution < -0.4 is 5.32 Å². The fourth-order valence-electron chi connectivity index (χ4n) is 2.01. The van der Waals surface area contributed by atoms with Crippen LogP contribution in [0.1, 0.15) is 37.0 Å². The standard InChI is InChI=1S/C15H17N5O/c1-15(2,3)12-8-11(19-20-12)13(21)18-14-16-9-6-4-5-7-10(9)17-14/h4-8H,1-3H3,(H,19,20)(H2,16,17,18,21). The molecule has 0 bridgehead atoms. The van der Waals surface area contributed by atoms with Crippen LogP contribution in [-0.2, 0) is 5.41 Å². The van der Waals surface area contributed by atoms with Gasteiger partial charge in [0.25, 0.3) is 5.91 Å². The second-order valence-corrected chi connectivity index (χ2v) is 5.97. The van der Waals surface area contributed by atoms with E-state index in [1.807, 2.05) is 24.3 Å². The first-order valence-corrected chi connectivity index (χ1v) is 6.75. The molecule has 2 aromatic heterocycles. The zero-order chi connectivity index (χ0) is 15.0. The number of aromatic nitrogens is 4. The molecule has 3 N–H and O–H groups in total. The summed E-state index contributed by atoms with van der Waals surface area (Å²) in [6.07, 6.45) is 0. The van der Waals surface area contributed by atoms with E-state index >= 15 is 0 Å². The molecule has 0 saturated carbocycles. The number of benzene rings is 1. The summed E-state index contributed by atoms with van der Waals surface area (Å²) in [5.74, 6) is 0.127. The molecule has 1 amide bonds. The normalized spacial score (nSPS) is 11.8. The number of para-hydroxylation sites is 2. The van der Waals surface area contributed by atoms with Crippen LogP contribution in [0.4, 0.5) is 5.95 Å². The van der Waals surface area contributed by atoms with E-state index in [1.54, 1.807) is 6.07 Å². The van der Waals surface area contributed by atoms with Crippen molar-refractivity contribution in [3.8, 4) is 0 Å². The average molecular weight is 283 g/mol. The Morgan fingerprint density at radius 3 is 2.67 bits per heavy atom. The van der Waals surface area contributed by atoms with Crippen molar-refractivity contribution >= 4 is 22.9 Å². The maximum atomic E-state index is 12.2. The van der Waals surface area contributed by atoms with Crippen molar-refractivity contribution in [2.24, 2.45) is 0 Å². The summed E-state index contributed by atoms with van der Waals surface area (Å²) in [4.78, 5) is 19.5. The van der Waals surface area contributed by atoms with Crippen molar-refractivity contribution in [3.05, 3.63) is 41.7 Å². The first-order chi connectivity index (χ1) is 9.93. The van der Waals surface area contributed by atoms with Crippen molar-refractivity contribution in [2.45, 2.75) is 26.2 Å². The first kappa shape index (κ1) is 13.4. The summed E-state index contributed by atoms with van der Waals surface area (Å²) in [6, 6.07) is 9.36. The highest BCUT2D eigenvalue weighted by Gasteiger charge is 2.19. The van der Waals surface area contributed by atoms with Gasteiger partial charge in [0.2, 0.25) is 5.95 Å². The summed E-state index contributed by atoms with van der Waals surface area (Å²) >= 11 is 0. The van der Waals surface area contributed by atoms with Gasteiger partial charge in [0, 0.05) is 11.1 Å². The van der Waals surface area contributed by atoms with Gasteiger partial charge in [-0.25, -0.2) is 4.98 Å². The van der Waals surface area contributed by atoms with Crippen molar-refractivity contribution < 1.29 is 4.79 Å². The van der Waals surface area contributed by atoms with Gasteiger partial charge in [0.05, 0.1) is 11.0 Å². The molecule has 0 saturated heterocycles. The van der Waals surface area contributed by atoms with Gasteiger partial charge in [-0.1, -0.05) is 32.9 Å². The third kappa shape index (κ3) is 2.65. The lowest BCUT2D eigenvalue weighted by Crippen LogP contribution is -2.13. The molecule has 21 heavy (non-hydrogen) atoms. The van der Waals surface area contributed by atoms with E-state index in [9.17, 15) is 4.79 Å². The van der Waals surface area contributed by atoms with Crippen LogP contribution in [-0.4, -0.2) is 26.1 Å². The highest BCUT2D eigenvalue weighted by atomic mass is 16.2. The zero-order valence-electron chi connectivity index (χ0n) is 12.2. The Balaban J connectivity index is 1.81. The minimum absolute atomic E-state index is 0.0785. The topological polar surface area (TPSA) is 86.5 Å². The van der Waals surface area contributed by atoms with E-state index in [4.69, 9.17) is 0 Å². The number of H-pyrrole nitrogens is 2. The van der Waals surface area contributed by atoms with Gasteiger partial charge in [-0.05, 0) is 18.2 Å². The van der Waals surface area contributed by atoms with Crippen LogP contribution >= 0.6 is 0 Å². The number of amides is 1. The second-order valence-electron chi connectivity index (χ2n) is 5.97. The Bertz CT molecular complexity index is 761. The van der Waals surface area contributed by atoms with Gasteiger partial charge in [0.15, 0.2) is 5.69 Å². The van der Waals surface area contributed by atoms with Crippen molar-refractivity contribution in [1.29, 1.82) is 0 Å². The third-order valence-electron chi connectivity index (χ3n) is 3.24. The van der Waals surface area contributed by atoms with Crippen molar-refractivity contribution in [1.82, 2.24) is 20.2 Å². The number of nitrogens with one attached hydrogen (secondary N) is 3. The van der Waals surface area contributed by atoms with Crippen LogP contribution in [0, 0.1) is 0 Å². The van der Waals surface area contributed by atoms with Gasteiger partial charge in [0.1, 0.15) is 0 Å². The molecule has 3 aromatic rings. The fraction of sp³-hybridized carbons (Fsp3) is 0.267. The lowest BCUT2D eigenvalue weighted by Gasteiger charge is -2.14. The number of imidazole rings is 1. The molecule has 0 radical (unpaired) electrons. The van der Waals surface area contributed by atoms with Crippen molar-refractivity contribution in [2.75, 3.05) is 5.32 Å². The summed E-state index contributed by atoms with van der Waals surface area (Å²) in [5.41, 5.74) is 2.87. The molecule has 3 rings (SSSR count). The molecule has 2 heterocycles. The van der Waals surface area contributed by atoms with Crippen LogP contribution in [0.15, 0.2) is 30.3 Å². The fourth-order valence-corrected chi connectivity index (χ4v) is 2.01. The monoisotopic (exact) mass is 283 g/mol. The molecule has 108 valence electrons. The number of carbonyl (C=O) groups excluding carboxylic acids is 1. The van der Waals surface area contributed by atoms with Gasteiger partial charge in [-0.3, -0.25) is 15.2 Å². The summed E-state index contributed by atoms with van der Waals surface area (Å²) < 4.78 is 0. The molecule has 0 aliphatic heterocycles. The minimum Gasteiger partial charge on any atom is -0.324 e. The summed E-state index contributed by atoms with van der Waals surface area (Å²) in [5, 5.41) is 9.68. The van der Waals surface area contributed by atoms with Gasteiger partial charge >= 0.3 is 0 Å². The average Bonchev–Trinajstić information content (AvgIpc) is 3.04. The van der Waals surface area contributed by atoms with Gasteiger partial charge in [-0.15, -0.1) is 0 Å². The maximum absolute atomic E-state index is 12.2. The smallest absolute Gasteiger partial charge is 0.278 e. The van der Waals surface area contributed by atoms with Gasteiger partial charge < -0.3 is 4.98 Å². The molecule has 1 aromatic carbocycles. The van der Waals surface area contributed by atoms with E-state index < -0.39 is 0 Å². The second kappa shape index (κ2) is 4.73. The lowest BCUT2D eigenvalue weighted by molar-refractivity contribution is 0.102. The van der Waals surface area contributed by atoms with Crippen LogP contribution in [0.3, 0.4) is 0 Å². The highest BCUT2D eigenvalue weighted by molar-refractivity contribution is 6.02. The Hall–Kier alpha value is -2.63. The largest absolute Gasteiger partial charge is 0.324 e. The highest BCUT2D eigenvalue weighted by Crippen LogP contribution is 2.20. The van der Waals surface area contributed by atoms with E-state index in [-0.39, 0.29) is 11.3 Å². The first-order valence-electron chi connectivity index (χ1n) is 6.75. The Morgan fingerprint density at radius 1 is 1.24 bits per heavy atom. The van der Waals surface area contributed by atoms with Crippen LogP contribution in [0.25, 0.3) is 11.0 Å². The summed E-state index contributed by atoms with van der Waals surface area (Å²) in [6.45, 7) is 6.17. The number of carbonyl (C=O) groups is 1. The number of fused-ring (bicyclic) bond motifs is 1. The van der Waals surface area contributed by atoms with E-state index in [0.29, 0.717) is 11.6 Å². The number of hydrogen-bond donors (Lipinski definition) is 3. The Kier molecular flexibility index (Phi) is 3.01. The number of hydrogen-bond acceptors (Lipinski definition) is 3. The number of aromatic amines is 2. The predicted octanol–water partition coefficient (Wildman–Crippen LogP) is 2.84. The molecule has 6 heteroatoms. The Morgan fingerprint density at radius 2 is 2.00 bits per heavy atom. The molecule has 0 aliphatic rings. The number of rotatable bonds is 2. The Labute approximate surface area is 122 Å². The van der Waals surface area contributed by atoms with Crippen LogP contribution in [0.5, 0.6) is 0 Å². The molecule has 0 aliphatic carbocycles. The van der Waals surface area contributed by atoms with E-state index in [1.165, 1.54) is 0 Å². The number of nitrogens with zero attached hydrogens (tertiary/aromatic N) is 2.